The number of amides is 1. The van der Waals surface area contributed by atoms with Gasteiger partial charge in [-0.15, -0.1) is 0 Å². The predicted octanol–water partition coefficient (Wildman–Crippen LogP) is 3.52. The predicted molar refractivity (Wildman–Crippen MR) is 105 cm³/mol. The van der Waals surface area contributed by atoms with Gasteiger partial charge >= 0.3 is 0 Å². The topological polar surface area (TPSA) is 69.5 Å². The molecule has 1 aromatic carbocycles. The number of halogens is 1. The maximum absolute atomic E-state index is 13.2. The molecule has 3 heterocycles. The SMILES string of the molecule is COc1ccc(Cl)c2sc(N(C[C@H]3CCCO3)C(=O)c3ccn(C)n3)nc12. The van der Waals surface area contributed by atoms with Crippen LogP contribution in [-0.2, 0) is 11.8 Å². The summed E-state index contributed by atoms with van der Waals surface area (Å²) in [7, 11) is 3.37. The number of anilines is 1. The Balaban J connectivity index is 1.76. The first-order chi connectivity index (χ1) is 13.1. The number of thiazole rings is 1. The molecule has 1 saturated heterocycles. The summed E-state index contributed by atoms with van der Waals surface area (Å²) in [6, 6.07) is 5.25. The van der Waals surface area contributed by atoms with E-state index in [9.17, 15) is 4.79 Å². The summed E-state index contributed by atoms with van der Waals surface area (Å²) in [5.74, 6) is 0.416. The lowest BCUT2D eigenvalue weighted by atomic mass is 10.2. The summed E-state index contributed by atoms with van der Waals surface area (Å²) in [4.78, 5) is 19.5. The lowest BCUT2D eigenvalue weighted by Crippen LogP contribution is -2.37. The Bertz CT molecular complexity index is 980. The smallest absolute Gasteiger partial charge is 0.280 e. The van der Waals surface area contributed by atoms with E-state index in [2.05, 4.69) is 10.1 Å². The molecular formula is C18H19ClN4O3S. The van der Waals surface area contributed by atoms with Gasteiger partial charge in [0.2, 0.25) is 0 Å². The van der Waals surface area contributed by atoms with Crippen LogP contribution >= 0.6 is 22.9 Å². The number of methoxy groups -OCH3 is 1. The van der Waals surface area contributed by atoms with Gasteiger partial charge in [-0.1, -0.05) is 22.9 Å². The molecule has 0 N–H and O–H groups in total. The van der Waals surface area contributed by atoms with Crippen LogP contribution in [0.15, 0.2) is 24.4 Å². The molecule has 0 unspecified atom stereocenters. The second-order valence-electron chi connectivity index (χ2n) is 6.35. The Morgan fingerprint density at radius 1 is 1.48 bits per heavy atom. The number of hydrogen-bond acceptors (Lipinski definition) is 6. The van der Waals surface area contributed by atoms with Crippen molar-refractivity contribution in [3.8, 4) is 5.75 Å². The number of ether oxygens (including phenoxy) is 2. The summed E-state index contributed by atoms with van der Waals surface area (Å²) in [5, 5.41) is 5.39. The minimum Gasteiger partial charge on any atom is -0.494 e. The molecule has 3 aromatic rings. The Morgan fingerprint density at radius 2 is 2.33 bits per heavy atom. The molecule has 0 spiro atoms. The quantitative estimate of drug-likeness (QED) is 0.648. The molecule has 0 bridgehead atoms. The standard InChI is InChI=1S/C18H19ClN4O3S/c1-22-8-7-13(21-22)17(24)23(10-11-4-3-9-26-11)18-20-15-14(25-2)6-5-12(19)16(15)27-18/h5-8,11H,3-4,9-10H2,1-2H3/t11-/m1/s1. The molecule has 1 atom stereocenters. The number of rotatable bonds is 5. The van der Waals surface area contributed by atoms with Gasteiger partial charge in [-0.05, 0) is 31.0 Å². The van der Waals surface area contributed by atoms with E-state index in [0.29, 0.717) is 33.7 Å². The zero-order valence-electron chi connectivity index (χ0n) is 15.0. The number of aryl methyl sites for hydroxylation is 1. The van der Waals surface area contributed by atoms with E-state index in [0.717, 1.165) is 24.1 Å². The van der Waals surface area contributed by atoms with Crippen LogP contribution in [0.25, 0.3) is 10.2 Å². The van der Waals surface area contributed by atoms with E-state index >= 15 is 0 Å². The first-order valence-corrected chi connectivity index (χ1v) is 9.82. The summed E-state index contributed by atoms with van der Waals surface area (Å²) < 4.78 is 13.5. The molecule has 0 radical (unpaired) electrons. The lowest BCUT2D eigenvalue weighted by molar-refractivity contribution is 0.0913. The first kappa shape index (κ1) is 18.2. The number of nitrogens with zero attached hydrogens (tertiary/aromatic N) is 4. The normalized spacial score (nSPS) is 16.8. The number of carbonyl (C=O) groups excluding carboxylic acids is 1. The summed E-state index contributed by atoms with van der Waals surface area (Å²) in [5.41, 5.74) is 1.02. The van der Waals surface area contributed by atoms with E-state index in [1.54, 1.807) is 48.1 Å². The van der Waals surface area contributed by atoms with Crippen molar-refractivity contribution in [2.75, 3.05) is 25.2 Å². The molecule has 4 rings (SSSR count). The molecular weight excluding hydrogens is 388 g/mol. The largest absolute Gasteiger partial charge is 0.494 e. The molecule has 1 fully saturated rings. The lowest BCUT2D eigenvalue weighted by Gasteiger charge is -2.22. The van der Waals surface area contributed by atoms with Gasteiger partial charge in [-0.3, -0.25) is 14.4 Å². The van der Waals surface area contributed by atoms with Gasteiger partial charge in [0.25, 0.3) is 5.91 Å². The van der Waals surface area contributed by atoms with Crippen LogP contribution < -0.4 is 9.64 Å². The van der Waals surface area contributed by atoms with Crippen LogP contribution in [0.3, 0.4) is 0 Å². The highest BCUT2D eigenvalue weighted by molar-refractivity contribution is 7.23. The summed E-state index contributed by atoms with van der Waals surface area (Å²) in [6.07, 6.45) is 3.65. The van der Waals surface area contributed by atoms with Crippen molar-refractivity contribution in [1.82, 2.24) is 14.8 Å². The molecule has 27 heavy (non-hydrogen) atoms. The Kier molecular flexibility index (Phi) is 5.03. The molecule has 142 valence electrons. The number of carbonyl (C=O) groups is 1. The van der Waals surface area contributed by atoms with Crippen molar-refractivity contribution in [3.63, 3.8) is 0 Å². The van der Waals surface area contributed by atoms with Crippen molar-refractivity contribution in [3.05, 3.63) is 35.1 Å². The maximum Gasteiger partial charge on any atom is 0.280 e. The van der Waals surface area contributed by atoms with Crippen LogP contribution in [0.2, 0.25) is 5.02 Å². The molecule has 1 aliphatic heterocycles. The fraction of sp³-hybridized carbons (Fsp3) is 0.389. The van der Waals surface area contributed by atoms with Crippen molar-refractivity contribution in [2.45, 2.75) is 18.9 Å². The van der Waals surface area contributed by atoms with Crippen molar-refractivity contribution < 1.29 is 14.3 Å². The minimum atomic E-state index is -0.208. The molecule has 1 aliphatic rings. The third-order valence-electron chi connectivity index (χ3n) is 4.49. The Hall–Kier alpha value is -2.16. The van der Waals surface area contributed by atoms with E-state index < -0.39 is 0 Å². The summed E-state index contributed by atoms with van der Waals surface area (Å²) >= 11 is 7.71. The van der Waals surface area contributed by atoms with Crippen LogP contribution in [0, 0.1) is 0 Å². The number of benzene rings is 1. The van der Waals surface area contributed by atoms with E-state index in [1.165, 1.54) is 11.3 Å². The van der Waals surface area contributed by atoms with Crippen molar-refractivity contribution in [1.29, 1.82) is 0 Å². The zero-order chi connectivity index (χ0) is 19.0. The fourth-order valence-corrected chi connectivity index (χ4v) is 4.39. The highest BCUT2D eigenvalue weighted by Gasteiger charge is 2.29. The van der Waals surface area contributed by atoms with Gasteiger partial charge in [0, 0.05) is 19.9 Å². The van der Waals surface area contributed by atoms with Crippen LogP contribution in [-0.4, -0.2) is 47.0 Å². The van der Waals surface area contributed by atoms with Gasteiger partial charge in [-0.25, -0.2) is 4.98 Å². The number of hydrogen-bond donors (Lipinski definition) is 0. The average molecular weight is 407 g/mol. The first-order valence-electron chi connectivity index (χ1n) is 8.63. The third-order valence-corrected chi connectivity index (χ3v) is 6.02. The zero-order valence-corrected chi connectivity index (χ0v) is 16.6. The van der Waals surface area contributed by atoms with Gasteiger partial charge in [0.05, 0.1) is 29.5 Å². The second-order valence-corrected chi connectivity index (χ2v) is 7.73. The van der Waals surface area contributed by atoms with Crippen LogP contribution in [0.4, 0.5) is 5.13 Å². The molecule has 9 heteroatoms. The fourth-order valence-electron chi connectivity index (χ4n) is 3.13. The highest BCUT2D eigenvalue weighted by atomic mass is 35.5. The second kappa shape index (κ2) is 7.46. The van der Waals surface area contributed by atoms with Gasteiger partial charge in [-0.2, -0.15) is 5.10 Å². The molecule has 7 nitrogen and oxygen atoms in total. The maximum atomic E-state index is 13.2. The van der Waals surface area contributed by atoms with Crippen molar-refractivity contribution >= 4 is 44.2 Å². The summed E-state index contributed by atoms with van der Waals surface area (Å²) in [6.45, 7) is 1.14. The monoisotopic (exact) mass is 406 g/mol. The van der Waals surface area contributed by atoms with Crippen molar-refractivity contribution in [2.24, 2.45) is 7.05 Å². The Labute approximate surface area is 165 Å². The molecule has 0 aliphatic carbocycles. The average Bonchev–Trinajstić information content (AvgIpc) is 3.40. The molecule has 0 saturated carbocycles. The van der Waals surface area contributed by atoms with E-state index in [1.807, 2.05) is 0 Å². The number of fused-ring (bicyclic) bond motifs is 1. The third kappa shape index (κ3) is 3.52. The highest BCUT2D eigenvalue weighted by Crippen LogP contribution is 2.39. The van der Waals surface area contributed by atoms with E-state index in [-0.39, 0.29) is 12.0 Å². The molecule has 1 amide bonds. The van der Waals surface area contributed by atoms with Crippen LogP contribution in [0.5, 0.6) is 5.75 Å². The molecule has 2 aromatic heterocycles. The van der Waals surface area contributed by atoms with Gasteiger partial charge in [0.15, 0.2) is 10.8 Å². The van der Waals surface area contributed by atoms with Gasteiger partial charge < -0.3 is 9.47 Å². The number of aromatic nitrogens is 3. The minimum absolute atomic E-state index is 0.0120. The van der Waals surface area contributed by atoms with Gasteiger partial charge in [0.1, 0.15) is 11.3 Å². The van der Waals surface area contributed by atoms with Crippen LogP contribution in [0.1, 0.15) is 23.3 Å². The Morgan fingerprint density at radius 3 is 3.00 bits per heavy atom. The van der Waals surface area contributed by atoms with E-state index in [4.69, 9.17) is 21.1 Å².